The van der Waals surface area contributed by atoms with Gasteiger partial charge in [-0.2, -0.15) is 0 Å². The van der Waals surface area contributed by atoms with Gasteiger partial charge in [-0.05, 0) is 0 Å². The second-order valence-electron chi connectivity index (χ2n) is 4.48. The van der Waals surface area contributed by atoms with E-state index in [1.807, 2.05) is 48.5 Å². The summed E-state index contributed by atoms with van der Waals surface area (Å²) in [4.78, 5) is 23.5. The molecule has 0 fully saturated rings. The van der Waals surface area contributed by atoms with Gasteiger partial charge in [0, 0.05) is 0 Å². The zero-order chi connectivity index (χ0) is 16.7. The predicted molar refractivity (Wildman–Crippen MR) is 93.2 cm³/mol. The molecule has 5 nitrogen and oxygen atoms in total. The number of methoxy groups -OCH3 is 1. The second kappa shape index (κ2) is 8.64. The molecular formula is C17H17IO5. The molecule has 0 heterocycles. The van der Waals surface area contributed by atoms with Gasteiger partial charge in [-0.25, -0.2) is 0 Å². The van der Waals surface area contributed by atoms with Crippen LogP contribution in [0.1, 0.15) is 18.6 Å². The van der Waals surface area contributed by atoms with Crippen LogP contribution in [0.15, 0.2) is 60.7 Å². The van der Waals surface area contributed by atoms with Gasteiger partial charge < -0.3 is 0 Å². The molecule has 2 aromatic carbocycles. The summed E-state index contributed by atoms with van der Waals surface area (Å²) in [5, 5.41) is 0. The Labute approximate surface area is 143 Å². The van der Waals surface area contributed by atoms with Crippen LogP contribution in [-0.2, 0) is 20.5 Å². The zero-order valence-electron chi connectivity index (χ0n) is 12.8. The van der Waals surface area contributed by atoms with Gasteiger partial charge in [0.15, 0.2) is 0 Å². The van der Waals surface area contributed by atoms with Gasteiger partial charge in [-0.15, -0.1) is 0 Å². The molecule has 0 aromatic heterocycles. The number of halogens is 1. The Morgan fingerprint density at radius 2 is 1.52 bits per heavy atom. The second-order valence-corrected chi connectivity index (χ2v) is 7.92. The van der Waals surface area contributed by atoms with Gasteiger partial charge in [-0.3, -0.25) is 0 Å². The van der Waals surface area contributed by atoms with Crippen molar-refractivity contribution in [2.45, 2.75) is 13.0 Å². The Morgan fingerprint density at radius 1 is 0.957 bits per heavy atom. The molecule has 0 amide bonds. The molecule has 2 aromatic rings. The minimum absolute atomic E-state index is 0.435. The van der Waals surface area contributed by atoms with E-state index in [2.05, 4.69) is 0 Å². The first-order chi connectivity index (χ1) is 11.1. The number of benzene rings is 2. The molecule has 6 heteroatoms. The number of hydrogen-bond donors (Lipinski definition) is 0. The molecule has 2 rings (SSSR count). The van der Waals surface area contributed by atoms with Crippen LogP contribution in [-0.4, -0.2) is 19.0 Å². The summed E-state index contributed by atoms with van der Waals surface area (Å²) < 4.78 is 16.9. The number of hydrogen-bond acceptors (Lipinski definition) is 5. The summed E-state index contributed by atoms with van der Waals surface area (Å²) >= 11 is -2.80. The number of esters is 1. The summed E-state index contributed by atoms with van der Waals surface area (Å²) in [7, 11) is 1.30. The first-order valence-electron chi connectivity index (χ1n) is 6.86. The number of carbonyl (C=O) groups is 2. The molecule has 0 radical (unpaired) electrons. The topological polar surface area (TPSA) is 61.8 Å². The van der Waals surface area contributed by atoms with Crippen molar-refractivity contribution in [1.82, 2.24) is 0 Å². The first-order valence-corrected chi connectivity index (χ1v) is 9.70. The van der Waals surface area contributed by atoms with Crippen molar-refractivity contribution < 1.29 is 20.5 Å². The van der Waals surface area contributed by atoms with Crippen LogP contribution in [0.5, 0.6) is 0 Å². The van der Waals surface area contributed by atoms with Gasteiger partial charge in [0.1, 0.15) is 0 Å². The van der Waals surface area contributed by atoms with Crippen LogP contribution >= 0.6 is 20.6 Å². The third-order valence-corrected chi connectivity index (χ3v) is 6.50. The van der Waals surface area contributed by atoms with E-state index in [1.54, 1.807) is 12.1 Å². The maximum atomic E-state index is 12.1. The third kappa shape index (κ3) is 5.04. The van der Waals surface area contributed by atoms with E-state index in [0.717, 1.165) is 3.57 Å². The van der Waals surface area contributed by atoms with Crippen molar-refractivity contribution in [3.8, 4) is 0 Å². The third-order valence-electron chi connectivity index (χ3n) is 2.78. The Kier molecular flexibility index (Phi) is 6.54. The van der Waals surface area contributed by atoms with E-state index < -0.39 is 38.7 Å². The SMILES string of the molecule is COC(=O)[C@H](OI(OC(C)=O)c1ccccc1)c1ccccc1. The normalized spacial score (nSPS) is 12.2. The molecule has 122 valence electrons. The van der Waals surface area contributed by atoms with E-state index >= 15 is 0 Å². The van der Waals surface area contributed by atoms with E-state index in [4.69, 9.17) is 10.9 Å². The molecule has 0 unspecified atom stereocenters. The molecular weight excluding hydrogens is 411 g/mol. The van der Waals surface area contributed by atoms with Crippen LogP contribution in [0.25, 0.3) is 0 Å². The molecule has 0 aliphatic heterocycles. The molecule has 1 atom stereocenters. The van der Waals surface area contributed by atoms with E-state index in [9.17, 15) is 9.59 Å². The van der Waals surface area contributed by atoms with Crippen molar-refractivity contribution >= 4 is 32.6 Å². The molecule has 0 N–H and O–H groups in total. The fraction of sp³-hybridized carbons (Fsp3) is 0.176. The summed E-state index contributed by atoms with van der Waals surface area (Å²) in [6.45, 7) is 1.33. The monoisotopic (exact) mass is 428 g/mol. The molecule has 0 aliphatic rings. The van der Waals surface area contributed by atoms with E-state index in [0.29, 0.717) is 5.56 Å². The average molecular weight is 428 g/mol. The Balaban J connectivity index is 2.30. The molecule has 0 aliphatic carbocycles. The van der Waals surface area contributed by atoms with Crippen molar-refractivity contribution in [3.63, 3.8) is 0 Å². The van der Waals surface area contributed by atoms with Crippen molar-refractivity contribution in [1.29, 1.82) is 0 Å². The van der Waals surface area contributed by atoms with Crippen molar-refractivity contribution in [3.05, 3.63) is 69.8 Å². The minimum atomic E-state index is -2.80. The van der Waals surface area contributed by atoms with Gasteiger partial charge >= 0.3 is 143 Å². The van der Waals surface area contributed by atoms with Gasteiger partial charge in [0.25, 0.3) is 0 Å². The van der Waals surface area contributed by atoms with Gasteiger partial charge in [0.2, 0.25) is 0 Å². The molecule has 23 heavy (non-hydrogen) atoms. The van der Waals surface area contributed by atoms with E-state index in [1.165, 1.54) is 14.0 Å². The van der Waals surface area contributed by atoms with Crippen LogP contribution in [0.4, 0.5) is 0 Å². The summed E-state index contributed by atoms with van der Waals surface area (Å²) in [6.07, 6.45) is -0.925. The number of rotatable bonds is 6. The van der Waals surface area contributed by atoms with Gasteiger partial charge in [0.05, 0.1) is 0 Å². The summed E-state index contributed by atoms with van der Waals surface area (Å²) in [5.41, 5.74) is 0.657. The van der Waals surface area contributed by atoms with Gasteiger partial charge in [-0.1, -0.05) is 0 Å². The van der Waals surface area contributed by atoms with E-state index in [-0.39, 0.29) is 0 Å². The zero-order valence-corrected chi connectivity index (χ0v) is 14.9. The Hall–Kier alpha value is -1.93. The maximum absolute atomic E-state index is 12.1. The fourth-order valence-corrected chi connectivity index (χ4v) is 4.95. The molecule has 0 saturated heterocycles. The van der Waals surface area contributed by atoms with Crippen LogP contribution in [0.2, 0.25) is 0 Å². The Bertz CT molecular complexity index is 645. The molecule has 0 spiro atoms. The number of carbonyl (C=O) groups excluding carboxylic acids is 2. The average Bonchev–Trinajstić information content (AvgIpc) is 2.59. The Morgan fingerprint density at radius 3 is 2.04 bits per heavy atom. The van der Waals surface area contributed by atoms with Crippen LogP contribution in [0, 0.1) is 3.57 Å². The molecule has 0 bridgehead atoms. The summed E-state index contributed by atoms with van der Waals surface area (Å²) in [5.74, 6) is -0.961. The number of ether oxygens (including phenoxy) is 1. The van der Waals surface area contributed by atoms with Crippen molar-refractivity contribution in [2.24, 2.45) is 0 Å². The first kappa shape index (κ1) is 17.4. The fourth-order valence-electron chi connectivity index (χ4n) is 1.77. The molecule has 0 saturated carbocycles. The summed E-state index contributed by atoms with van der Waals surface area (Å²) in [6, 6.07) is 18.2. The standard InChI is InChI=1S/C17H17IO5/c1-13(19)22-18(15-11-7-4-8-12-15)23-16(17(20)21-2)14-9-5-3-6-10-14/h3-12,16H,1-2H3/t16-/m1/s1. The van der Waals surface area contributed by atoms with Crippen LogP contribution in [0.3, 0.4) is 0 Å². The predicted octanol–water partition coefficient (Wildman–Crippen LogP) is 3.69. The quantitative estimate of drug-likeness (QED) is 0.519. The van der Waals surface area contributed by atoms with Crippen molar-refractivity contribution in [2.75, 3.05) is 7.11 Å². The van der Waals surface area contributed by atoms with Crippen LogP contribution < -0.4 is 0 Å².